The first kappa shape index (κ1) is 34.9. The summed E-state index contributed by atoms with van der Waals surface area (Å²) in [6.07, 6.45) is 10.3. The van der Waals surface area contributed by atoms with E-state index in [0.717, 1.165) is 65.3 Å². The van der Waals surface area contributed by atoms with Crippen molar-refractivity contribution < 1.29 is 0 Å². The van der Waals surface area contributed by atoms with Gasteiger partial charge < -0.3 is 0 Å². The van der Waals surface area contributed by atoms with Crippen LogP contribution >= 0.6 is 34.4 Å². The predicted molar refractivity (Wildman–Crippen MR) is 225 cm³/mol. The Labute approximate surface area is 327 Å². The zero-order valence-electron chi connectivity index (χ0n) is 28.7. The van der Waals surface area contributed by atoms with Crippen molar-refractivity contribution in [1.29, 1.82) is 0 Å². The van der Waals surface area contributed by atoms with Gasteiger partial charge in [-0.25, -0.2) is 0 Å². The average molecular weight is 733 g/mol. The fraction of sp³-hybridized carbons (Fsp3) is 0.0612. The van der Waals surface area contributed by atoms with Crippen LogP contribution < -0.4 is 0 Å². The largest absolute Gasteiger partial charge is 0.172 e. The van der Waals surface area contributed by atoms with Crippen LogP contribution in [0.1, 0.15) is 21.6 Å². The molecule has 0 atom stereocenters. The van der Waals surface area contributed by atoms with E-state index in [1.807, 2.05) is 0 Å². The quantitative estimate of drug-likeness (QED) is 0.170. The van der Waals surface area contributed by atoms with Gasteiger partial charge in [0.15, 0.2) is 0 Å². The molecular formula is C49H20N2S3. The first-order valence-electron chi connectivity index (χ1n) is 16.2. The van der Waals surface area contributed by atoms with Crippen LogP contribution in [-0.2, 0) is 5.41 Å². The SMILES string of the molecule is C#CC#CC#CC#CC#CC1(C#CC#CC#CC#CC#C)c2cc(C)ccc2-c2ccc(-c3ccc(-c4ccc(-c5ccc(C)s5)c5nsnc45)s3)cc21. The molecule has 244 valence electrons. The molecular weight excluding hydrogens is 713 g/mol. The van der Waals surface area contributed by atoms with Gasteiger partial charge in [-0.2, -0.15) is 8.75 Å². The van der Waals surface area contributed by atoms with Gasteiger partial charge in [0.1, 0.15) is 16.4 Å². The van der Waals surface area contributed by atoms with Crippen molar-refractivity contribution in [2.24, 2.45) is 0 Å². The highest BCUT2D eigenvalue weighted by Crippen LogP contribution is 2.51. The first-order valence-corrected chi connectivity index (χ1v) is 18.5. The van der Waals surface area contributed by atoms with Gasteiger partial charge in [0.25, 0.3) is 0 Å². The third kappa shape index (κ3) is 7.02. The molecule has 0 aliphatic heterocycles. The molecule has 54 heavy (non-hydrogen) atoms. The number of nitrogens with zero attached hydrogens (tertiary/aromatic N) is 2. The second-order valence-corrected chi connectivity index (χ2v) is 14.4. The van der Waals surface area contributed by atoms with E-state index in [4.69, 9.17) is 21.6 Å². The van der Waals surface area contributed by atoms with Crippen molar-refractivity contribution in [3.63, 3.8) is 0 Å². The number of fused-ring (bicyclic) bond motifs is 4. The molecule has 7 rings (SSSR count). The number of thiophene rings is 2. The molecule has 3 heterocycles. The van der Waals surface area contributed by atoms with Crippen molar-refractivity contribution in [2.45, 2.75) is 19.3 Å². The lowest BCUT2D eigenvalue weighted by molar-refractivity contribution is 0.916. The van der Waals surface area contributed by atoms with Crippen LogP contribution in [0.15, 0.2) is 72.8 Å². The van der Waals surface area contributed by atoms with Gasteiger partial charge in [0.2, 0.25) is 0 Å². The number of aryl methyl sites for hydroxylation is 2. The number of benzene rings is 3. The zero-order chi connectivity index (χ0) is 37.3. The molecule has 0 saturated carbocycles. The van der Waals surface area contributed by atoms with Gasteiger partial charge >= 0.3 is 0 Å². The Morgan fingerprint density at radius 1 is 0.481 bits per heavy atom. The zero-order valence-corrected chi connectivity index (χ0v) is 31.2. The van der Waals surface area contributed by atoms with Crippen molar-refractivity contribution in [3.8, 4) is 162 Å². The van der Waals surface area contributed by atoms with Crippen LogP contribution in [0.3, 0.4) is 0 Å². The maximum Gasteiger partial charge on any atom is 0.145 e. The minimum atomic E-state index is -1.04. The van der Waals surface area contributed by atoms with E-state index in [2.05, 4.69) is 193 Å². The molecule has 1 aliphatic rings. The highest BCUT2D eigenvalue weighted by Gasteiger charge is 2.41. The van der Waals surface area contributed by atoms with Gasteiger partial charge in [0.05, 0.1) is 11.7 Å². The van der Waals surface area contributed by atoms with Crippen molar-refractivity contribution in [1.82, 2.24) is 8.75 Å². The smallest absolute Gasteiger partial charge is 0.145 e. The fourth-order valence-electron chi connectivity index (χ4n) is 6.01. The van der Waals surface area contributed by atoms with Gasteiger partial charge in [-0.1, -0.05) is 59.9 Å². The summed E-state index contributed by atoms with van der Waals surface area (Å²) >= 11 is 4.71. The highest BCUT2D eigenvalue weighted by atomic mass is 32.1. The molecule has 6 aromatic rings. The highest BCUT2D eigenvalue weighted by molar-refractivity contribution is 7.19. The van der Waals surface area contributed by atoms with E-state index < -0.39 is 5.41 Å². The van der Waals surface area contributed by atoms with Gasteiger partial charge in [0, 0.05) is 30.6 Å². The molecule has 3 aromatic heterocycles. The summed E-state index contributed by atoms with van der Waals surface area (Å²) in [5, 5.41) is 0. The number of terminal acetylenes is 2. The molecule has 0 bridgehead atoms. The monoisotopic (exact) mass is 732 g/mol. The summed E-state index contributed by atoms with van der Waals surface area (Å²) in [5.74, 6) is 49.0. The molecule has 0 fully saturated rings. The van der Waals surface area contributed by atoms with Gasteiger partial charge in [-0.3, -0.25) is 0 Å². The molecule has 0 spiro atoms. The molecule has 5 heteroatoms. The Morgan fingerprint density at radius 2 is 0.963 bits per heavy atom. The second-order valence-electron chi connectivity index (χ2n) is 11.5. The van der Waals surface area contributed by atoms with Crippen LogP contribution in [0.5, 0.6) is 0 Å². The lowest BCUT2D eigenvalue weighted by Crippen LogP contribution is -2.21. The number of rotatable bonds is 3. The van der Waals surface area contributed by atoms with Gasteiger partial charge in [-0.05, 0) is 167 Å². The lowest BCUT2D eigenvalue weighted by Gasteiger charge is -2.20. The van der Waals surface area contributed by atoms with Crippen LogP contribution in [-0.4, -0.2) is 8.75 Å². The Balaban J connectivity index is 1.34. The fourth-order valence-corrected chi connectivity index (χ4v) is 8.50. The number of aromatic nitrogens is 2. The molecule has 3 aromatic carbocycles. The molecule has 2 nitrogen and oxygen atoms in total. The van der Waals surface area contributed by atoms with E-state index in [0.29, 0.717) is 0 Å². The summed E-state index contributed by atoms with van der Waals surface area (Å²) < 4.78 is 9.43. The standard InChI is InChI=1S/C49H20N2S3/c1-5-7-9-11-13-15-17-19-31-49(32-20-18-16-14-12-10-8-6-2)42-33-35(3)21-24-38(42)39-25-23-37(34-43(39)49)44-29-30-46(53-44)41-27-26-40(45-28-22-36(4)52-45)47-48(41)51-54-50-47/h1-2,21-30,33-34H,3-4H3. The third-order valence-electron chi connectivity index (χ3n) is 8.26. The molecule has 0 unspecified atom stereocenters. The van der Waals surface area contributed by atoms with Crippen LogP contribution in [0.25, 0.3) is 53.5 Å². The second kappa shape index (κ2) is 15.8. The maximum atomic E-state index is 5.17. The molecule has 1 aliphatic carbocycles. The topological polar surface area (TPSA) is 25.8 Å². The summed E-state index contributed by atoms with van der Waals surface area (Å²) in [6, 6.07) is 25.7. The molecule has 0 N–H and O–H groups in total. The molecule has 0 amide bonds. The summed E-state index contributed by atoms with van der Waals surface area (Å²) in [7, 11) is 0. The van der Waals surface area contributed by atoms with Crippen LogP contribution in [0.2, 0.25) is 0 Å². The minimum Gasteiger partial charge on any atom is -0.172 e. The average Bonchev–Trinajstić information content (AvgIpc) is 4.00. The molecule has 0 saturated heterocycles. The van der Waals surface area contributed by atoms with E-state index in [1.54, 1.807) is 22.7 Å². The van der Waals surface area contributed by atoms with E-state index in [-0.39, 0.29) is 0 Å². The van der Waals surface area contributed by atoms with Crippen molar-refractivity contribution >= 4 is 45.4 Å². The predicted octanol–water partition coefficient (Wildman–Crippen LogP) is 8.99. The summed E-state index contributed by atoms with van der Waals surface area (Å²) in [4.78, 5) is 4.65. The number of hydrogen-bond acceptors (Lipinski definition) is 5. The van der Waals surface area contributed by atoms with E-state index >= 15 is 0 Å². The maximum absolute atomic E-state index is 5.17. The van der Waals surface area contributed by atoms with Crippen molar-refractivity contribution in [3.05, 3.63) is 94.4 Å². The van der Waals surface area contributed by atoms with E-state index in [9.17, 15) is 0 Å². The van der Waals surface area contributed by atoms with Crippen molar-refractivity contribution in [2.75, 3.05) is 0 Å². The Kier molecular flexibility index (Phi) is 10.2. The van der Waals surface area contributed by atoms with Gasteiger partial charge in [-0.15, -0.1) is 35.5 Å². The first-order chi connectivity index (χ1) is 26.5. The Morgan fingerprint density at radius 3 is 1.54 bits per heavy atom. The normalized spacial score (nSPS) is 10.4. The Hall–Kier alpha value is -7.52. The lowest BCUT2D eigenvalue weighted by atomic mass is 9.78. The van der Waals surface area contributed by atoms with E-state index in [1.165, 1.54) is 21.5 Å². The Bertz CT molecular complexity index is 3080. The summed E-state index contributed by atoms with van der Waals surface area (Å²) in [5.41, 5.74) is 9.05. The third-order valence-corrected chi connectivity index (χ3v) is 11.0. The summed E-state index contributed by atoms with van der Waals surface area (Å²) in [6.45, 7) is 4.17. The van der Waals surface area contributed by atoms with Crippen LogP contribution in [0, 0.1) is 133 Å². The number of hydrogen-bond donors (Lipinski definition) is 0. The van der Waals surface area contributed by atoms with Crippen LogP contribution in [0.4, 0.5) is 0 Å². The minimum absolute atomic E-state index is 0.907. The molecule has 0 radical (unpaired) electrons.